The number of nitrogens with zero attached hydrogens (tertiary/aromatic N) is 1. The standard InChI is InChI=1S/C12H15FN4O2/c13-8-2-1-7(10(3-8)12(14)17-19)5-15-9-4-11(18)16-6-9/h1-3,9,15,19H,4-6H2,(H2,14,17)(H,16,18). The summed E-state index contributed by atoms with van der Waals surface area (Å²) in [7, 11) is 0. The van der Waals surface area contributed by atoms with Crippen LogP contribution in [0.25, 0.3) is 0 Å². The number of amidine groups is 1. The molecule has 1 unspecified atom stereocenters. The van der Waals surface area contributed by atoms with Gasteiger partial charge in [-0.2, -0.15) is 0 Å². The zero-order valence-electron chi connectivity index (χ0n) is 10.2. The number of halogens is 1. The Balaban J connectivity index is 2.09. The number of nitrogens with two attached hydrogens (primary N) is 1. The van der Waals surface area contributed by atoms with Crippen LogP contribution in [-0.2, 0) is 11.3 Å². The van der Waals surface area contributed by atoms with Crippen molar-refractivity contribution in [1.82, 2.24) is 10.6 Å². The molecule has 0 bridgehead atoms. The number of amides is 1. The molecule has 1 aromatic carbocycles. The Morgan fingerprint density at radius 3 is 3.05 bits per heavy atom. The molecule has 1 fully saturated rings. The minimum Gasteiger partial charge on any atom is -0.409 e. The van der Waals surface area contributed by atoms with E-state index in [4.69, 9.17) is 10.9 Å². The lowest BCUT2D eigenvalue weighted by molar-refractivity contribution is -0.119. The number of carbonyl (C=O) groups excluding carboxylic acids is 1. The maximum absolute atomic E-state index is 13.2. The summed E-state index contributed by atoms with van der Waals surface area (Å²) in [5.41, 5.74) is 6.55. The molecule has 1 heterocycles. The Morgan fingerprint density at radius 2 is 2.42 bits per heavy atom. The molecule has 0 radical (unpaired) electrons. The molecule has 0 aliphatic carbocycles. The van der Waals surface area contributed by atoms with Crippen LogP contribution in [0.1, 0.15) is 17.5 Å². The van der Waals surface area contributed by atoms with Crippen LogP contribution in [0.3, 0.4) is 0 Å². The summed E-state index contributed by atoms with van der Waals surface area (Å²) in [5.74, 6) is -0.590. The highest BCUT2D eigenvalue weighted by atomic mass is 19.1. The van der Waals surface area contributed by atoms with Gasteiger partial charge in [-0.3, -0.25) is 4.79 Å². The SMILES string of the molecule is N/C(=N/O)c1cc(F)ccc1CNC1CNC(=O)C1. The van der Waals surface area contributed by atoms with Gasteiger partial charge in [0.2, 0.25) is 5.91 Å². The van der Waals surface area contributed by atoms with Crippen molar-refractivity contribution in [3.63, 3.8) is 0 Å². The molecule has 0 aromatic heterocycles. The molecule has 1 aromatic rings. The van der Waals surface area contributed by atoms with E-state index in [0.29, 0.717) is 30.6 Å². The smallest absolute Gasteiger partial charge is 0.221 e. The van der Waals surface area contributed by atoms with Crippen LogP contribution >= 0.6 is 0 Å². The fourth-order valence-electron chi connectivity index (χ4n) is 2.00. The van der Waals surface area contributed by atoms with Crippen molar-refractivity contribution >= 4 is 11.7 Å². The predicted molar refractivity (Wildman–Crippen MR) is 67.2 cm³/mol. The van der Waals surface area contributed by atoms with E-state index in [1.165, 1.54) is 12.1 Å². The molecular weight excluding hydrogens is 251 g/mol. The molecule has 102 valence electrons. The topological polar surface area (TPSA) is 99.7 Å². The molecule has 19 heavy (non-hydrogen) atoms. The summed E-state index contributed by atoms with van der Waals surface area (Å²) >= 11 is 0. The van der Waals surface area contributed by atoms with Crippen molar-refractivity contribution < 1.29 is 14.4 Å². The highest BCUT2D eigenvalue weighted by Gasteiger charge is 2.21. The Labute approximate surface area is 109 Å². The fourth-order valence-corrected chi connectivity index (χ4v) is 2.00. The van der Waals surface area contributed by atoms with Crippen LogP contribution in [-0.4, -0.2) is 29.5 Å². The van der Waals surface area contributed by atoms with Gasteiger partial charge in [-0.15, -0.1) is 0 Å². The van der Waals surface area contributed by atoms with Gasteiger partial charge in [-0.25, -0.2) is 4.39 Å². The third kappa shape index (κ3) is 3.19. The number of benzene rings is 1. The maximum Gasteiger partial charge on any atom is 0.221 e. The average molecular weight is 266 g/mol. The number of carbonyl (C=O) groups is 1. The van der Waals surface area contributed by atoms with Gasteiger partial charge in [0.15, 0.2) is 5.84 Å². The largest absolute Gasteiger partial charge is 0.409 e. The summed E-state index contributed by atoms with van der Waals surface area (Å²) < 4.78 is 13.2. The molecule has 2 rings (SSSR count). The maximum atomic E-state index is 13.2. The Bertz CT molecular complexity index is 518. The Kier molecular flexibility index (Phi) is 3.96. The molecule has 7 heteroatoms. The molecule has 1 aliphatic rings. The molecule has 0 spiro atoms. The van der Waals surface area contributed by atoms with Gasteiger partial charge in [0.25, 0.3) is 0 Å². The van der Waals surface area contributed by atoms with Crippen LogP contribution in [0.15, 0.2) is 23.4 Å². The first-order chi connectivity index (χ1) is 9.10. The van der Waals surface area contributed by atoms with Crippen molar-refractivity contribution in [3.05, 3.63) is 35.1 Å². The zero-order chi connectivity index (χ0) is 13.8. The van der Waals surface area contributed by atoms with E-state index in [1.54, 1.807) is 6.07 Å². The van der Waals surface area contributed by atoms with Crippen molar-refractivity contribution in [3.8, 4) is 0 Å². The number of oxime groups is 1. The molecule has 0 saturated carbocycles. The first-order valence-electron chi connectivity index (χ1n) is 5.86. The van der Waals surface area contributed by atoms with E-state index in [0.717, 1.165) is 0 Å². The van der Waals surface area contributed by atoms with Crippen LogP contribution in [0, 0.1) is 5.82 Å². The van der Waals surface area contributed by atoms with Gasteiger partial charge in [0.1, 0.15) is 5.82 Å². The van der Waals surface area contributed by atoms with E-state index < -0.39 is 5.82 Å². The molecule has 5 N–H and O–H groups in total. The van der Waals surface area contributed by atoms with Gasteiger partial charge in [-0.1, -0.05) is 11.2 Å². The lowest BCUT2D eigenvalue weighted by Crippen LogP contribution is -2.31. The molecule has 1 saturated heterocycles. The molecule has 1 atom stereocenters. The van der Waals surface area contributed by atoms with Gasteiger partial charge in [0.05, 0.1) is 0 Å². The summed E-state index contributed by atoms with van der Waals surface area (Å²) in [6.45, 7) is 0.977. The lowest BCUT2D eigenvalue weighted by atomic mass is 10.1. The summed E-state index contributed by atoms with van der Waals surface area (Å²) in [6, 6.07) is 4.13. The highest BCUT2D eigenvalue weighted by Crippen LogP contribution is 2.12. The summed E-state index contributed by atoms with van der Waals surface area (Å²) in [5, 5.41) is 17.5. The second-order valence-corrected chi connectivity index (χ2v) is 4.37. The van der Waals surface area contributed by atoms with E-state index in [2.05, 4.69) is 15.8 Å². The number of nitrogens with one attached hydrogen (secondary N) is 2. The van der Waals surface area contributed by atoms with E-state index >= 15 is 0 Å². The number of hydrogen-bond donors (Lipinski definition) is 4. The first-order valence-corrected chi connectivity index (χ1v) is 5.86. The van der Waals surface area contributed by atoms with E-state index in [-0.39, 0.29) is 17.8 Å². The van der Waals surface area contributed by atoms with Crippen LogP contribution < -0.4 is 16.4 Å². The van der Waals surface area contributed by atoms with Crippen LogP contribution in [0.5, 0.6) is 0 Å². The quantitative estimate of drug-likeness (QED) is 0.264. The van der Waals surface area contributed by atoms with Crippen molar-refractivity contribution in [2.75, 3.05) is 6.54 Å². The van der Waals surface area contributed by atoms with E-state index in [1.807, 2.05) is 0 Å². The molecule has 1 amide bonds. The third-order valence-electron chi connectivity index (χ3n) is 3.01. The number of rotatable bonds is 4. The summed E-state index contributed by atoms with van der Waals surface area (Å²) in [4.78, 5) is 11.1. The lowest BCUT2D eigenvalue weighted by Gasteiger charge is -2.13. The van der Waals surface area contributed by atoms with Crippen molar-refractivity contribution in [2.24, 2.45) is 10.9 Å². The first kappa shape index (κ1) is 13.3. The Morgan fingerprint density at radius 1 is 1.63 bits per heavy atom. The predicted octanol–water partition coefficient (Wildman–Crippen LogP) is -0.102. The van der Waals surface area contributed by atoms with Gasteiger partial charge < -0.3 is 21.6 Å². The normalized spacial score (nSPS) is 19.5. The molecule has 1 aliphatic heterocycles. The van der Waals surface area contributed by atoms with Crippen LogP contribution in [0.4, 0.5) is 4.39 Å². The number of hydrogen-bond acceptors (Lipinski definition) is 4. The Hall–Kier alpha value is -2.15. The van der Waals surface area contributed by atoms with Gasteiger partial charge in [0, 0.05) is 31.1 Å². The van der Waals surface area contributed by atoms with E-state index in [9.17, 15) is 9.18 Å². The second kappa shape index (κ2) is 5.66. The van der Waals surface area contributed by atoms with Crippen molar-refractivity contribution in [2.45, 2.75) is 19.0 Å². The van der Waals surface area contributed by atoms with Gasteiger partial charge in [-0.05, 0) is 17.7 Å². The average Bonchev–Trinajstić information content (AvgIpc) is 2.82. The van der Waals surface area contributed by atoms with Crippen molar-refractivity contribution in [1.29, 1.82) is 0 Å². The highest BCUT2D eigenvalue weighted by molar-refractivity contribution is 5.98. The molecule has 6 nitrogen and oxygen atoms in total. The minimum absolute atomic E-state index is 0.00765. The van der Waals surface area contributed by atoms with Crippen LogP contribution in [0.2, 0.25) is 0 Å². The summed E-state index contributed by atoms with van der Waals surface area (Å²) in [6.07, 6.45) is 0.417. The molecular formula is C12H15FN4O2. The minimum atomic E-state index is -0.455. The monoisotopic (exact) mass is 266 g/mol. The third-order valence-corrected chi connectivity index (χ3v) is 3.01. The fraction of sp³-hybridized carbons (Fsp3) is 0.333. The van der Waals surface area contributed by atoms with Gasteiger partial charge >= 0.3 is 0 Å². The second-order valence-electron chi connectivity index (χ2n) is 4.37. The zero-order valence-corrected chi connectivity index (χ0v) is 10.2.